The third kappa shape index (κ3) is 4.54. The number of amides is 1. The Kier molecular flexibility index (Phi) is 5.12. The average molecular weight is 273 g/mol. The van der Waals surface area contributed by atoms with Crippen LogP contribution < -0.4 is 5.32 Å². The van der Waals surface area contributed by atoms with Crippen LogP contribution in [0.4, 0.5) is 4.79 Å². The Balaban J connectivity index is 5.33. The molecule has 1 amide bonds. The SMILES string of the molecule is CC(C)(C)OC(=O)N[C@](CC=O)(C(=O)O)C(C)(C)C. The summed E-state index contributed by atoms with van der Waals surface area (Å²) < 4.78 is 5.06. The van der Waals surface area contributed by atoms with Gasteiger partial charge in [-0.15, -0.1) is 0 Å². The van der Waals surface area contributed by atoms with E-state index in [1.165, 1.54) is 0 Å². The molecule has 0 aliphatic heterocycles. The topological polar surface area (TPSA) is 92.7 Å². The first kappa shape index (κ1) is 17.4. The number of carboxylic acid groups (broad SMARTS) is 1. The molecule has 0 fully saturated rings. The van der Waals surface area contributed by atoms with Crippen molar-refractivity contribution >= 4 is 18.3 Å². The number of nitrogens with one attached hydrogen (secondary N) is 1. The second-order valence-corrected chi connectivity index (χ2v) is 6.46. The second kappa shape index (κ2) is 5.59. The Morgan fingerprint density at radius 2 is 1.63 bits per heavy atom. The molecule has 0 rings (SSSR count). The van der Waals surface area contributed by atoms with Crippen molar-refractivity contribution in [1.82, 2.24) is 5.32 Å². The molecular weight excluding hydrogens is 250 g/mol. The molecular formula is C13H23NO5. The molecule has 0 aromatic heterocycles. The van der Waals surface area contributed by atoms with Crippen molar-refractivity contribution in [3.63, 3.8) is 0 Å². The Bertz CT molecular complexity index is 364. The molecule has 110 valence electrons. The van der Waals surface area contributed by atoms with Gasteiger partial charge in [-0.05, 0) is 26.2 Å². The van der Waals surface area contributed by atoms with Crippen molar-refractivity contribution in [3.05, 3.63) is 0 Å². The first-order chi connectivity index (χ1) is 8.35. The van der Waals surface area contributed by atoms with Crippen LogP contribution in [0.2, 0.25) is 0 Å². The first-order valence-electron chi connectivity index (χ1n) is 6.04. The molecule has 0 aliphatic rings. The molecule has 0 aliphatic carbocycles. The van der Waals surface area contributed by atoms with E-state index in [0.717, 1.165) is 0 Å². The third-order valence-electron chi connectivity index (χ3n) is 2.75. The van der Waals surface area contributed by atoms with Gasteiger partial charge in [0.25, 0.3) is 0 Å². The van der Waals surface area contributed by atoms with Gasteiger partial charge in [-0.3, -0.25) is 0 Å². The Hall–Kier alpha value is -1.59. The number of rotatable bonds is 4. The van der Waals surface area contributed by atoms with Gasteiger partial charge in [0.2, 0.25) is 0 Å². The lowest BCUT2D eigenvalue weighted by Crippen LogP contribution is -2.63. The van der Waals surface area contributed by atoms with Crippen LogP contribution in [0.5, 0.6) is 0 Å². The molecule has 0 radical (unpaired) electrons. The summed E-state index contributed by atoms with van der Waals surface area (Å²) in [5, 5.41) is 11.7. The molecule has 2 N–H and O–H groups in total. The van der Waals surface area contributed by atoms with E-state index in [0.29, 0.717) is 6.29 Å². The van der Waals surface area contributed by atoms with Crippen LogP contribution in [0.25, 0.3) is 0 Å². The Labute approximate surface area is 113 Å². The van der Waals surface area contributed by atoms with Gasteiger partial charge in [0, 0.05) is 6.42 Å². The van der Waals surface area contributed by atoms with Gasteiger partial charge in [-0.2, -0.15) is 0 Å². The Morgan fingerprint density at radius 1 is 1.16 bits per heavy atom. The molecule has 0 spiro atoms. The molecule has 0 aromatic carbocycles. The minimum Gasteiger partial charge on any atom is -0.479 e. The standard InChI is InChI=1S/C13H23NO5/c1-11(2,3)13(7-8-15,9(16)17)14-10(18)19-12(4,5)6/h8H,7H2,1-6H3,(H,14,18)(H,16,17)/t13-/m1/s1. The number of alkyl carbamates (subject to hydrolysis) is 1. The molecule has 0 saturated heterocycles. The van der Waals surface area contributed by atoms with E-state index < -0.39 is 28.6 Å². The van der Waals surface area contributed by atoms with Gasteiger partial charge in [0.05, 0.1) is 0 Å². The summed E-state index contributed by atoms with van der Waals surface area (Å²) in [5.41, 5.74) is -3.29. The lowest BCUT2D eigenvalue weighted by Gasteiger charge is -2.40. The molecule has 0 saturated carbocycles. The molecule has 0 bridgehead atoms. The third-order valence-corrected chi connectivity index (χ3v) is 2.75. The van der Waals surface area contributed by atoms with Crippen LogP contribution >= 0.6 is 0 Å². The zero-order chi connectivity index (χ0) is 15.5. The van der Waals surface area contributed by atoms with E-state index in [9.17, 15) is 19.5 Å². The van der Waals surface area contributed by atoms with Crippen LogP contribution in [0.3, 0.4) is 0 Å². The van der Waals surface area contributed by atoms with Crippen molar-refractivity contribution in [2.75, 3.05) is 0 Å². The van der Waals surface area contributed by atoms with Crippen LogP contribution in [-0.4, -0.2) is 34.6 Å². The van der Waals surface area contributed by atoms with Crippen molar-refractivity contribution in [2.45, 2.75) is 59.1 Å². The quantitative estimate of drug-likeness (QED) is 0.764. The highest BCUT2D eigenvalue weighted by molar-refractivity contribution is 5.88. The molecule has 19 heavy (non-hydrogen) atoms. The first-order valence-corrected chi connectivity index (χ1v) is 6.04. The summed E-state index contributed by atoms with van der Waals surface area (Å²) in [6.07, 6.45) is -0.700. The lowest BCUT2D eigenvalue weighted by molar-refractivity contribution is -0.151. The highest BCUT2D eigenvalue weighted by Gasteiger charge is 2.50. The minimum atomic E-state index is -1.70. The number of carbonyl (C=O) groups excluding carboxylic acids is 2. The van der Waals surface area contributed by atoms with Gasteiger partial charge in [-0.25, -0.2) is 9.59 Å². The number of carboxylic acids is 1. The fourth-order valence-electron chi connectivity index (χ4n) is 1.61. The Morgan fingerprint density at radius 3 is 1.89 bits per heavy atom. The number of aliphatic carboxylic acids is 1. The minimum absolute atomic E-state index is 0.328. The second-order valence-electron chi connectivity index (χ2n) is 6.46. The zero-order valence-corrected chi connectivity index (χ0v) is 12.4. The number of hydrogen-bond donors (Lipinski definition) is 2. The van der Waals surface area contributed by atoms with Crippen LogP contribution in [0.15, 0.2) is 0 Å². The molecule has 0 heterocycles. The van der Waals surface area contributed by atoms with Gasteiger partial charge in [0.15, 0.2) is 5.54 Å². The van der Waals surface area contributed by atoms with E-state index in [4.69, 9.17) is 4.74 Å². The van der Waals surface area contributed by atoms with Crippen LogP contribution in [0, 0.1) is 5.41 Å². The summed E-state index contributed by atoms with van der Waals surface area (Å²) in [6.45, 7) is 9.94. The maximum absolute atomic E-state index is 11.8. The lowest BCUT2D eigenvalue weighted by atomic mass is 9.71. The van der Waals surface area contributed by atoms with Gasteiger partial charge in [-0.1, -0.05) is 20.8 Å². The molecule has 6 nitrogen and oxygen atoms in total. The van der Waals surface area contributed by atoms with Crippen molar-refractivity contribution in [2.24, 2.45) is 5.41 Å². The van der Waals surface area contributed by atoms with Gasteiger partial charge in [0.1, 0.15) is 11.9 Å². The van der Waals surface area contributed by atoms with Crippen molar-refractivity contribution < 1.29 is 24.2 Å². The maximum Gasteiger partial charge on any atom is 0.408 e. The summed E-state index contributed by atoms with van der Waals surface area (Å²) in [4.78, 5) is 34.1. The molecule has 6 heteroatoms. The summed E-state index contributed by atoms with van der Waals surface area (Å²) in [5.74, 6) is -1.27. The van der Waals surface area contributed by atoms with Gasteiger partial charge >= 0.3 is 12.1 Å². The highest BCUT2D eigenvalue weighted by Crippen LogP contribution is 2.33. The maximum atomic E-state index is 11.8. The van der Waals surface area contributed by atoms with E-state index in [-0.39, 0.29) is 6.42 Å². The van der Waals surface area contributed by atoms with E-state index >= 15 is 0 Å². The monoisotopic (exact) mass is 273 g/mol. The summed E-state index contributed by atoms with van der Waals surface area (Å²) in [7, 11) is 0. The molecule has 0 unspecified atom stereocenters. The number of carbonyl (C=O) groups is 3. The number of ether oxygens (including phenoxy) is 1. The zero-order valence-electron chi connectivity index (χ0n) is 12.4. The fourth-order valence-corrected chi connectivity index (χ4v) is 1.61. The number of aldehydes is 1. The largest absolute Gasteiger partial charge is 0.479 e. The van der Waals surface area contributed by atoms with E-state index in [1.807, 2.05) is 0 Å². The average Bonchev–Trinajstić information content (AvgIpc) is 2.11. The summed E-state index contributed by atoms with van der Waals surface area (Å²) in [6, 6.07) is 0. The van der Waals surface area contributed by atoms with Crippen LogP contribution in [-0.2, 0) is 14.3 Å². The predicted octanol–water partition coefficient (Wildman–Crippen LogP) is 1.97. The predicted molar refractivity (Wildman–Crippen MR) is 69.9 cm³/mol. The van der Waals surface area contributed by atoms with E-state index in [2.05, 4.69) is 5.32 Å². The van der Waals surface area contributed by atoms with E-state index in [1.54, 1.807) is 41.5 Å². The van der Waals surface area contributed by atoms with Crippen LogP contribution in [0.1, 0.15) is 48.0 Å². The molecule has 0 aromatic rings. The summed E-state index contributed by atoms with van der Waals surface area (Å²) >= 11 is 0. The number of hydrogen-bond acceptors (Lipinski definition) is 4. The van der Waals surface area contributed by atoms with Crippen molar-refractivity contribution in [1.29, 1.82) is 0 Å². The normalized spacial score (nSPS) is 15.3. The highest BCUT2D eigenvalue weighted by atomic mass is 16.6. The van der Waals surface area contributed by atoms with Gasteiger partial charge < -0.3 is 20.0 Å². The van der Waals surface area contributed by atoms with Crippen molar-refractivity contribution in [3.8, 4) is 0 Å². The fraction of sp³-hybridized carbons (Fsp3) is 0.769. The molecule has 1 atom stereocenters. The smallest absolute Gasteiger partial charge is 0.408 e.